The van der Waals surface area contributed by atoms with E-state index in [0.717, 1.165) is 25.2 Å². The zero-order valence-corrected chi connectivity index (χ0v) is 13.1. The van der Waals surface area contributed by atoms with Gasteiger partial charge in [-0.25, -0.2) is 19.3 Å². The molecule has 1 aromatic carbocycles. The summed E-state index contributed by atoms with van der Waals surface area (Å²) in [6.45, 7) is 0.909. The SMILES string of the molecule is Fc1ccccc1Cc1cnc([C@@H]2CCCN2c2ccncn2)o1. The Labute approximate surface area is 139 Å². The van der Waals surface area contributed by atoms with E-state index in [0.29, 0.717) is 23.6 Å². The topological polar surface area (TPSA) is 55.1 Å². The lowest BCUT2D eigenvalue weighted by atomic mass is 10.1. The smallest absolute Gasteiger partial charge is 0.217 e. The molecule has 1 aliphatic heterocycles. The molecular weight excluding hydrogens is 307 g/mol. The minimum Gasteiger partial charge on any atom is -0.443 e. The van der Waals surface area contributed by atoms with Crippen LogP contribution in [0.1, 0.15) is 36.1 Å². The van der Waals surface area contributed by atoms with Gasteiger partial charge in [0, 0.05) is 19.2 Å². The second kappa shape index (κ2) is 6.39. The highest BCUT2D eigenvalue weighted by atomic mass is 19.1. The first-order valence-corrected chi connectivity index (χ1v) is 8.02. The Morgan fingerprint density at radius 3 is 2.96 bits per heavy atom. The van der Waals surface area contributed by atoms with Crippen LogP contribution in [0.25, 0.3) is 0 Å². The van der Waals surface area contributed by atoms with E-state index in [9.17, 15) is 4.39 Å². The van der Waals surface area contributed by atoms with Gasteiger partial charge in [0.05, 0.1) is 6.20 Å². The van der Waals surface area contributed by atoms with E-state index in [1.165, 1.54) is 6.07 Å². The Balaban J connectivity index is 1.55. The summed E-state index contributed by atoms with van der Waals surface area (Å²) in [5.74, 6) is 1.99. The quantitative estimate of drug-likeness (QED) is 0.735. The fourth-order valence-corrected chi connectivity index (χ4v) is 3.14. The largest absolute Gasteiger partial charge is 0.443 e. The molecule has 3 heterocycles. The zero-order chi connectivity index (χ0) is 16.4. The van der Waals surface area contributed by atoms with Gasteiger partial charge in [-0.2, -0.15) is 0 Å². The van der Waals surface area contributed by atoms with Crippen molar-refractivity contribution in [2.75, 3.05) is 11.4 Å². The average Bonchev–Trinajstić information content (AvgIpc) is 3.27. The number of halogens is 1. The van der Waals surface area contributed by atoms with Crippen LogP contribution in [-0.4, -0.2) is 21.5 Å². The summed E-state index contributed by atoms with van der Waals surface area (Å²) in [6, 6.07) is 8.68. The van der Waals surface area contributed by atoms with Crippen molar-refractivity contribution in [3.8, 4) is 0 Å². The van der Waals surface area contributed by atoms with Crippen LogP contribution in [-0.2, 0) is 6.42 Å². The van der Waals surface area contributed by atoms with Gasteiger partial charge < -0.3 is 9.32 Å². The van der Waals surface area contributed by atoms with Crippen LogP contribution in [0.5, 0.6) is 0 Å². The molecule has 5 nitrogen and oxygen atoms in total. The van der Waals surface area contributed by atoms with Gasteiger partial charge >= 0.3 is 0 Å². The normalized spacial score (nSPS) is 17.4. The van der Waals surface area contributed by atoms with Crippen molar-refractivity contribution in [3.05, 3.63) is 72.1 Å². The second-order valence-electron chi connectivity index (χ2n) is 5.85. The summed E-state index contributed by atoms with van der Waals surface area (Å²) in [5.41, 5.74) is 0.610. The third-order valence-electron chi connectivity index (χ3n) is 4.29. The molecule has 4 rings (SSSR count). The van der Waals surface area contributed by atoms with Gasteiger partial charge in [-0.3, -0.25) is 0 Å². The summed E-state index contributed by atoms with van der Waals surface area (Å²) < 4.78 is 19.7. The number of anilines is 1. The van der Waals surface area contributed by atoms with Crippen LogP contribution in [0.4, 0.5) is 10.2 Å². The highest BCUT2D eigenvalue weighted by Gasteiger charge is 2.30. The Kier molecular flexibility index (Phi) is 3.94. The van der Waals surface area contributed by atoms with Gasteiger partial charge in [0.1, 0.15) is 29.8 Å². The molecule has 0 saturated carbocycles. The molecule has 122 valence electrons. The first-order valence-electron chi connectivity index (χ1n) is 8.02. The highest BCUT2D eigenvalue weighted by molar-refractivity contribution is 5.40. The molecule has 1 fully saturated rings. The maximum Gasteiger partial charge on any atom is 0.217 e. The maximum atomic E-state index is 13.8. The van der Waals surface area contributed by atoms with Crippen molar-refractivity contribution in [2.45, 2.75) is 25.3 Å². The van der Waals surface area contributed by atoms with Gasteiger partial charge in [0.25, 0.3) is 0 Å². The van der Waals surface area contributed by atoms with E-state index < -0.39 is 0 Å². The molecular formula is C18H17FN4O. The minimum atomic E-state index is -0.223. The van der Waals surface area contributed by atoms with Crippen LogP contribution < -0.4 is 4.90 Å². The van der Waals surface area contributed by atoms with Crippen molar-refractivity contribution in [1.82, 2.24) is 15.0 Å². The van der Waals surface area contributed by atoms with Crippen molar-refractivity contribution in [2.24, 2.45) is 0 Å². The minimum absolute atomic E-state index is 0.0641. The van der Waals surface area contributed by atoms with Crippen LogP contribution in [0.15, 0.2) is 53.5 Å². The summed E-state index contributed by atoms with van der Waals surface area (Å²) >= 11 is 0. The van der Waals surface area contributed by atoms with Gasteiger partial charge in [0.15, 0.2) is 0 Å². The summed E-state index contributed by atoms with van der Waals surface area (Å²) in [4.78, 5) is 14.9. The predicted octanol–water partition coefficient (Wildman–Crippen LogP) is 3.54. The van der Waals surface area contributed by atoms with E-state index in [2.05, 4.69) is 19.9 Å². The third-order valence-corrected chi connectivity index (χ3v) is 4.29. The average molecular weight is 324 g/mol. The van der Waals surface area contributed by atoms with Crippen molar-refractivity contribution in [1.29, 1.82) is 0 Å². The lowest BCUT2D eigenvalue weighted by molar-refractivity contribution is 0.423. The highest BCUT2D eigenvalue weighted by Crippen LogP contribution is 2.34. The lowest BCUT2D eigenvalue weighted by Crippen LogP contribution is -2.23. The Hall–Kier alpha value is -2.76. The van der Waals surface area contributed by atoms with Crippen LogP contribution in [0, 0.1) is 5.82 Å². The summed E-state index contributed by atoms with van der Waals surface area (Å²) in [6.07, 6.45) is 7.39. The fraction of sp³-hybridized carbons (Fsp3) is 0.278. The molecule has 0 radical (unpaired) electrons. The summed E-state index contributed by atoms with van der Waals surface area (Å²) in [5, 5.41) is 0. The van der Waals surface area contributed by atoms with Crippen molar-refractivity contribution >= 4 is 5.82 Å². The molecule has 3 aromatic rings. The van der Waals surface area contributed by atoms with Gasteiger partial charge in [-0.05, 0) is 30.5 Å². The molecule has 0 aliphatic carbocycles. The molecule has 6 heteroatoms. The molecule has 1 saturated heterocycles. The second-order valence-corrected chi connectivity index (χ2v) is 5.85. The number of nitrogens with zero attached hydrogens (tertiary/aromatic N) is 4. The molecule has 1 atom stereocenters. The van der Waals surface area contributed by atoms with Gasteiger partial charge in [-0.1, -0.05) is 18.2 Å². The fourth-order valence-electron chi connectivity index (χ4n) is 3.14. The van der Waals surface area contributed by atoms with E-state index in [4.69, 9.17) is 4.42 Å². The van der Waals surface area contributed by atoms with E-state index in [-0.39, 0.29) is 11.9 Å². The number of hydrogen-bond donors (Lipinski definition) is 0. The Morgan fingerprint density at radius 1 is 1.21 bits per heavy atom. The number of oxazole rings is 1. The first-order chi connectivity index (χ1) is 11.8. The van der Waals surface area contributed by atoms with Crippen LogP contribution in [0.2, 0.25) is 0 Å². The van der Waals surface area contributed by atoms with Crippen molar-refractivity contribution in [3.63, 3.8) is 0 Å². The third kappa shape index (κ3) is 2.87. The molecule has 2 aromatic heterocycles. The molecule has 0 amide bonds. The molecule has 24 heavy (non-hydrogen) atoms. The monoisotopic (exact) mass is 324 g/mol. The molecule has 1 aliphatic rings. The molecule has 0 bridgehead atoms. The molecule has 0 N–H and O–H groups in total. The van der Waals surface area contributed by atoms with Gasteiger partial charge in [0.2, 0.25) is 5.89 Å². The van der Waals surface area contributed by atoms with E-state index in [1.54, 1.807) is 30.9 Å². The van der Waals surface area contributed by atoms with Gasteiger partial charge in [-0.15, -0.1) is 0 Å². The molecule has 0 spiro atoms. The number of benzene rings is 1. The van der Waals surface area contributed by atoms with Crippen LogP contribution in [0.3, 0.4) is 0 Å². The van der Waals surface area contributed by atoms with E-state index >= 15 is 0 Å². The Bertz CT molecular complexity index is 821. The lowest BCUT2D eigenvalue weighted by Gasteiger charge is -2.22. The predicted molar refractivity (Wildman–Crippen MR) is 87.1 cm³/mol. The zero-order valence-electron chi connectivity index (χ0n) is 13.1. The summed E-state index contributed by atoms with van der Waals surface area (Å²) in [7, 11) is 0. The van der Waals surface area contributed by atoms with E-state index in [1.807, 2.05) is 12.1 Å². The standard InChI is InChI=1S/C18H17FN4O/c19-15-5-2-1-4-13(15)10-14-11-21-18(24-14)16-6-3-9-23(16)17-7-8-20-12-22-17/h1-2,4-5,7-8,11-12,16H,3,6,9-10H2/t16-/m0/s1. The maximum absolute atomic E-state index is 13.8. The number of hydrogen-bond acceptors (Lipinski definition) is 5. The van der Waals surface area contributed by atoms with Crippen LogP contribution >= 0.6 is 0 Å². The Morgan fingerprint density at radius 2 is 2.12 bits per heavy atom. The number of aromatic nitrogens is 3. The first kappa shape index (κ1) is 14.8. The van der Waals surface area contributed by atoms with Crippen molar-refractivity contribution < 1.29 is 8.81 Å². The molecule has 0 unspecified atom stereocenters. The number of rotatable bonds is 4.